The normalized spacial score (nSPS) is 11.4. The van der Waals surface area contributed by atoms with Gasteiger partial charge in [0.2, 0.25) is 5.88 Å². The van der Waals surface area contributed by atoms with E-state index in [1.54, 1.807) is 18.2 Å². The Hall–Kier alpha value is -4.12. The van der Waals surface area contributed by atoms with Crippen LogP contribution in [0.5, 0.6) is 5.88 Å². The average molecular weight is 471 g/mol. The summed E-state index contributed by atoms with van der Waals surface area (Å²) in [6, 6.07) is 10.1. The molecule has 0 aliphatic rings. The Morgan fingerprint density at radius 3 is 2.48 bits per heavy atom. The van der Waals surface area contributed by atoms with Crippen LogP contribution in [0.15, 0.2) is 65.8 Å². The first-order chi connectivity index (χ1) is 15.7. The molecule has 4 rings (SSSR count). The van der Waals surface area contributed by atoms with Gasteiger partial charge in [0, 0.05) is 29.4 Å². The van der Waals surface area contributed by atoms with E-state index >= 15 is 0 Å². The van der Waals surface area contributed by atoms with Gasteiger partial charge in [0.05, 0.1) is 18.2 Å². The number of hydrogen-bond donors (Lipinski definition) is 2. The molecule has 11 heteroatoms. The molecule has 0 atom stereocenters. The lowest BCUT2D eigenvalue weighted by Crippen LogP contribution is -2.15. The number of carboxylic acids is 1. The van der Waals surface area contributed by atoms with Crippen molar-refractivity contribution in [2.24, 2.45) is 0 Å². The maximum Gasteiger partial charge on any atom is 0.337 e. The van der Waals surface area contributed by atoms with E-state index in [1.165, 1.54) is 31.6 Å². The fraction of sp³-hybridized carbons (Fsp3) is 0.0455. The van der Waals surface area contributed by atoms with Gasteiger partial charge in [0.25, 0.3) is 10.0 Å². The predicted octanol–water partition coefficient (Wildman–Crippen LogP) is 4.08. The van der Waals surface area contributed by atoms with Gasteiger partial charge in [-0.1, -0.05) is 6.07 Å². The van der Waals surface area contributed by atoms with Crippen molar-refractivity contribution in [2.75, 3.05) is 11.8 Å². The van der Waals surface area contributed by atoms with Gasteiger partial charge in [0.15, 0.2) is 0 Å². The summed E-state index contributed by atoms with van der Waals surface area (Å²) < 4.78 is 60.0. The number of rotatable bonds is 6. The molecule has 0 unspecified atom stereocenters. The van der Waals surface area contributed by atoms with Gasteiger partial charge in [-0.25, -0.2) is 27.0 Å². The van der Waals surface area contributed by atoms with Crippen LogP contribution < -0.4 is 9.46 Å². The van der Waals surface area contributed by atoms with Crippen LogP contribution in [-0.4, -0.2) is 36.6 Å². The van der Waals surface area contributed by atoms with Crippen molar-refractivity contribution in [2.45, 2.75) is 4.90 Å². The zero-order chi connectivity index (χ0) is 23.8. The van der Waals surface area contributed by atoms with Crippen LogP contribution in [0.4, 0.5) is 14.5 Å². The maximum atomic E-state index is 14.1. The first kappa shape index (κ1) is 22.1. The van der Waals surface area contributed by atoms with Gasteiger partial charge in [-0.2, -0.15) is 0 Å². The molecule has 33 heavy (non-hydrogen) atoms. The second kappa shape index (κ2) is 8.43. The molecule has 8 nitrogen and oxygen atoms in total. The molecule has 0 radical (unpaired) electrons. The van der Waals surface area contributed by atoms with Crippen LogP contribution >= 0.6 is 0 Å². The van der Waals surface area contributed by atoms with E-state index in [0.717, 1.165) is 12.1 Å². The van der Waals surface area contributed by atoms with Crippen molar-refractivity contribution in [1.82, 2.24) is 9.97 Å². The third-order valence-corrected chi connectivity index (χ3v) is 6.13. The molecule has 0 saturated heterocycles. The summed E-state index contributed by atoms with van der Waals surface area (Å²) in [6.45, 7) is 0. The maximum absolute atomic E-state index is 14.1. The number of aromatic nitrogens is 2. The molecule has 0 fully saturated rings. The largest absolute Gasteiger partial charge is 0.480 e. The molecule has 0 saturated carbocycles. The van der Waals surface area contributed by atoms with Crippen LogP contribution in [0.25, 0.3) is 22.0 Å². The number of nitrogens with one attached hydrogen (secondary N) is 1. The van der Waals surface area contributed by atoms with E-state index in [-0.39, 0.29) is 17.1 Å². The van der Waals surface area contributed by atoms with Gasteiger partial charge < -0.3 is 9.84 Å². The van der Waals surface area contributed by atoms with Gasteiger partial charge in [-0.05, 0) is 42.0 Å². The molecule has 2 aromatic carbocycles. The number of pyridine rings is 2. The van der Waals surface area contributed by atoms with Crippen LogP contribution in [0.3, 0.4) is 0 Å². The Labute approximate surface area is 186 Å². The fourth-order valence-electron chi connectivity index (χ4n) is 3.17. The van der Waals surface area contributed by atoms with Crippen LogP contribution in [-0.2, 0) is 10.0 Å². The number of carboxylic acid groups (broad SMARTS) is 1. The third kappa shape index (κ3) is 4.44. The first-order valence-corrected chi connectivity index (χ1v) is 10.8. The second-order valence-corrected chi connectivity index (χ2v) is 8.55. The molecule has 0 aliphatic heterocycles. The number of aromatic carboxylic acids is 1. The van der Waals surface area contributed by atoms with E-state index in [4.69, 9.17) is 4.74 Å². The Bertz CT molecular complexity index is 1510. The number of sulfonamides is 1. The first-order valence-electron chi connectivity index (χ1n) is 9.33. The number of nitrogens with zero attached hydrogens (tertiary/aromatic N) is 2. The molecule has 2 N–H and O–H groups in total. The molecule has 0 aliphatic carbocycles. The lowest BCUT2D eigenvalue weighted by atomic mass is 10.0. The van der Waals surface area contributed by atoms with Crippen molar-refractivity contribution in [3.63, 3.8) is 0 Å². The molecular formula is C22H15F2N3O5S. The number of anilines is 1. The smallest absolute Gasteiger partial charge is 0.337 e. The predicted molar refractivity (Wildman–Crippen MR) is 116 cm³/mol. The van der Waals surface area contributed by atoms with Crippen molar-refractivity contribution in [3.05, 3.63) is 78.1 Å². The molecular weight excluding hydrogens is 456 g/mol. The summed E-state index contributed by atoms with van der Waals surface area (Å²) in [7, 11) is -3.14. The number of halogens is 2. The summed E-state index contributed by atoms with van der Waals surface area (Å²) in [6.07, 6.45) is 2.69. The highest BCUT2D eigenvalue weighted by molar-refractivity contribution is 7.92. The van der Waals surface area contributed by atoms with Crippen molar-refractivity contribution in [1.29, 1.82) is 0 Å². The van der Waals surface area contributed by atoms with Crippen molar-refractivity contribution < 1.29 is 31.8 Å². The van der Waals surface area contributed by atoms with E-state index in [1.807, 2.05) is 0 Å². The standard InChI is InChI=1S/C22H15F2N3O5S/c1-32-21-19(27-33(30,31)20-5-3-16(23)9-17(20)24)8-14(10-26-21)12-2-4-18-13(6-12)7-15(11-25-18)22(28)29/h2-11,27H,1H3,(H,28,29). The molecule has 2 heterocycles. The summed E-state index contributed by atoms with van der Waals surface area (Å²) in [5.41, 5.74) is 1.57. The number of hydrogen-bond acceptors (Lipinski definition) is 6. The minimum atomic E-state index is -4.43. The number of benzene rings is 2. The number of fused-ring (bicyclic) bond motifs is 1. The lowest BCUT2D eigenvalue weighted by molar-refractivity contribution is 0.0696. The van der Waals surface area contributed by atoms with Crippen LogP contribution in [0.2, 0.25) is 0 Å². The number of methoxy groups -OCH3 is 1. The topological polar surface area (TPSA) is 118 Å². The SMILES string of the molecule is COc1ncc(-c2ccc3ncc(C(=O)O)cc3c2)cc1NS(=O)(=O)c1ccc(F)cc1F. The van der Waals surface area contributed by atoms with Crippen LogP contribution in [0, 0.1) is 11.6 Å². The minimum Gasteiger partial charge on any atom is -0.480 e. The van der Waals surface area contributed by atoms with Gasteiger partial charge in [-0.3, -0.25) is 9.71 Å². The van der Waals surface area contributed by atoms with E-state index in [0.29, 0.717) is 28.1 Å². The second-order valence-electron chi connectivity index (χ2n) is 6.90. The average Bonchev–Trinajstić information content (AvgIpc) is 2.77. The molecule has 0 amide bonds. The third-order valence-electron chi connectivity index (χ3n) is 4.73. The zero-order valence-corrected chi connectivity index (χ0v) is 17.7. The summed E-state index contributed by atoms with van der Waals surface area (Å²) in [5, 5.41) is 9.74. The summed E-state index contributed by atoms with van der Waals surface area (Å²) >= 11 is 0. The summed E-state index contributed by atoms with van der Waals surface area (Å²) in [5.74, 6) is -3.35. The zero-order valence-electron chi connectivity index (χ0n) is 16.9. The quantitative estimate of drug-likeness (QED) is 0.435. The van der Waals surface area contributed by atoms with Crippen molar-refractivity contribution in [3.8, 4) is 17.0 Å². The molecule has 0 spiro atoms. The minimum absolute atomic E-state index is 0.0160. The van der Waals surface area contributed by atoms with E-state index < -0.39 is 32.5 Å². The lowest BCUT2D eigenvalue weighted by Gasteiger charge is -2.13. The molecule has 168 valence electrons. The van der Waals surface area contributed by atoms with Crippen molar-refractivity contribution >= 4 is 32.6 Å². The van der Waals surface area contributed by atoms with Gasteiger partial charge in [0.1, 0.15) is 22.2 Å². The van der Waals surface area contributed by atoms with E-state index in [9.17, 15) is 27.1 Å². The fourth-order valence-corrected chi connectivity index (χ4v) is 4.28. The summed E-state index contributed by atoms with van der Waals surface area (Å²) in [4.78, 5) is 18.7. The molecule has 4 aromatic rings. The Morgan fingerprint density at radius 1 is 1.00 bits per heavy atom. The number of ether oxygens (including phenoxy) is 1. The Balaban J connectivity index is 1.76. The monoisotopic (exact) mass is 471 g/mol. The Morgan fingerprint density at radius 2 is 1.79 bits per heavy atom. The van der Waals surface area contributed by atoms with Crippen LogP contribution in [0.1, 0.15) is 10.4 Å². The Kier molecular flexibility index (Phi) is 5.64. The molecule has 0 bridgehead atoms. The van der Waals surface area contributed by atoms with E-state index in [2.05, 4.69) is 14.7 Å². The highest BCUT2D eigenvalue weighted by atomic mass is 32.2. The van der Waals surface area contributed by atoms with Gasteiger partial charge in [-0.15, -0.1) is 0 Å². The van der Waals surface area contributed by atoms with Gasteiger partial charge >= 0.3 is 5.97 Å². The molecule has 2 aromatic heterocycles. The highest BCUT2D eigenvalue weighted by Gasteiger charge is 2.22. The number of carbonyl (C=O) groups is 1. The highest BCUT2D eigenvalue weighted by Crippen LogP contribution is 2.32.